The molecule has 2 aromatic rings. The van der Waals surface area contributed by atoms with E-state index in [1.165, 1.54) is 0 Å². The molecule has 0 aromatic heterocycles. The van der Waals surface area contributed by atoms with Gasteiger partial charge in [0.15, 0.2) is 0 Å². The van der Waals surface area contributed by atoms with Crippen LogP contribution in [0.5, 0.6) is 0 Å². The fraction of sp³-hybridized carbons (Fsp3) is 0.400. The lowest BCUT2D eigenvalue weighted by Crippen LogP contribution is -2.45. The quantitative estimate of drug-likeness (QED) is 0.687. The lowest BCUT2D eigenvalue weighted by molar-refractivity contribution is -0.138. The van der Waals surface area contributed by atoms with E-state index >= 15 is 0 Å². The summed E-state index contributed by atoms with van der Waals surface area (Å²) in [5.74, 6) is 0. The number of nitrogens with zero attached hydrogens (tertiary/aromatic N) is 1. The zero-order valence-electron chi connectivity index (χ0n) is 14.9. The van der Waals surface area contributed by atoms with Crippen LogP contribution < -0.4 is 5.32 Å². The minimum absolute atomic E-state index is 0. The smallest absolute Gasteiger partial charge is 0.314 e. The standard InChI is InChI=1S/C20H23F3N2.2ClH/c21-20(22,23)11-10-19(25-14-12-24-13-15-25)18-8-6-17(7-9-18)16-4-2-1-3-5-16;;/h1-9,19,24H,10-15H2;2*1H/t19-;;/m0../s1. The van der Waals surface area contributed by atoms with Crippen LogP contribution in [0.2, 0.25) is 0 Å². The van der Waals surface area contributed by atoms with Gasteiger partial charge in [0.1, 0.15) is 0 Å². The van der Waals surface area contributed by atoms with E-state index in [9.17, 15) is 13.2 Å². The number of hydrogen-bond donors (Lipinski definition) is 1. The van der Waals surface area contributed by atoms with Crippen LogP contribution >= 0.6 is 24.8 Å². The highest BCUT2D eigenvalue weighted by Crippen LogP contribution is 2.32. The van der Waals surface area contributed by atoms with Gasteiger partial charge < -0.3 is 5.32 Å². The van der Waals surface area contributed by atoms with Crippen molar-refractivity contribution in [1.29, 1.82) is 0 Å². The Balaban J connectivity index is 0.00000182. The molecule has 1 fully saturated rings. The molecule has 150 valence electrons. The molecular weight excluding hydrogens is 396 g/mol. The Labute approximate surface area is 171 Å². The summed E-state index contributed by atoms with van der Waals surface area (Å²) in [5, 5.41) is 3.26. The Kier molecular flexibility index (Phi) is 9.60. The molecule has 0 unspecified atom stereocenters. The Hall–Kier alpha value is -1.27. The maximum absolute atomic E-state index is 12.8. The maximum Gasteiger partial charge on any atom is 0.389 e. The average molecular weight is 421 g/mol. The van der Waals surface area contributed by atoms with Crippen LogP contribution in [0, 0.1) is 0 Å². The minimum Gasteiger partial charge on any atom is -0.314 e. The molecule has 1 atom stereocenters. The molecule has 0 radical (unpaired) electrons. The number of piperazine rings is 1. The predicted molar refractivity (Wildman–Crippen MR) is 109 cm³/mol. The van der Waals surface area contributed by atoms with Crippen LogP contribution in [0.1, 0.15) is 24.4 Å². The normalized spacial score (nSPS) is 16.1. The lowest BCUT2D eigenvalue weighted by atomic mass is 9.96. The summed E-state index contributed by atoms with van der Waals surface area (Å²) in [5.41, 5.74) is 3.16. The summed E-state index contributed by atoms with van der Waals surface area (Å²) in [7, 11) is 0. The van der Waals surface area contributed by atoms with Gasteiger partial charge in [-0.3, -0.25) is 4.90 Å². The van der Waals surface area contributed by atoms with E-state index in [0.717, 1.165) is 42.9 Å². The number of alkyl halides is 3. The summed E-state index contributed by atoms with van der Waals surface area (Å²) in [6.07, 6.45) is -4.76. The van der Waals surface area contributed by atoms with Crippen molar-refractivity contribution in [2.45, 2.75) is 25.1 Å². The second-order valence-corrected chi connectivity index (χ2v) is 6.44. The van der Waals surface area contributed by atoms with Gasteiger partial charge in [0.25, 0.3) is 0 Å². The van der Waals surface area contributed by atoms with Gasteiger partial charge in [-0.25, -0.2) is 0 Å². The van der Waals surface area contributed by atoms with Crippen molar-refractivity contribution < 1.29 is 13.2 Å². The number of benzene rings is 2. The van der Waals surface area contributed by atoms with E-state index in [0.29, 0.717) is 0 Å². The molecule has 2 nitrogen and oxygen atoms in total. The van der Waals surface area contributed by atoms with Crippen molar-refractivity contribution in [3.05, 3.63) is 60.2 Å². The molecule has 0 amide bonds. The van der Waals surface area contributed by atoms with E-state index in [1.807, 2.05) is 54.6 Å². The van der Waals surface area contributed by atoms with Gasteiger partial charge in [-0.05, 0) is 23.1 Å². The fourth-order valence-electron chi connectivity index (χ4n) is 3.38. The summed E-state index contributed by atoms with van der Waals surface area (Å²) >= 11 is 0. The highest BCUT2D eigenvalue weighted by molar-refractivity contribution is 5.85. The van der Waals surface area contributed by atoms with Crippen molar-refractivity contribution in [1.82, 2.24) is 10.2 Å². The van der Waals surface area contributed by atoms with E-state index in [2.05, 4.69) is 10.2 Å². The molecule has 1 N–H and O–H groups in total. The molecule has 1 aliphatic heterocycles. The number of halogens is 5. The molecule has 27 heavy (non-hydrogen) atoms. The molecule has 1 aliphatic rings. The number of rotatable bonds is 5. The molecule has 1 saturated heterocycles. The van der Waals surface area contributed by atoms with E-state index in [4.69, 9.17) is 0 Å². The Morgan fingerprint density at radius 3 is 1.96 bits per heavy atom. The zero-order valence-corrected chi connectivity index (χ0v) is 16.5. The van der Waals surface area contributed by atoms with Gasteiger partial charge in [0.05, 0.1) is 0 Å². The van der Waals surface area contributed by atoms with Gasteiger partial charge in [0, 0.05) is 38.6 Å². The van der Waals surface area contributed by atoms with Crippen LogP contribution in [0.4, 0.5) is 13.2 Å². The van der Waals surface area contributed by atoms with Crippen LogP contribution in [0.15, 0.2) is 54.6 Å². The molecule has 0 spiro atoms. The third-order valence-electron chi connectivity index (χ3n) is 4.70. The van der Waals surface area contributed by atoms with E-state index in [1.54, 1.807) is 0 Å². The topological polar surface area (TPSA) is 15.3 Å². The molecule has 0 bridgehead atoms. The molecule has 7 heteroatoms. The van der Waals surface area contributed by atoms with Gasteiger partial charge in [-0.15, -0.1) is 24.8 Å². The second kappa shape index (κ2) is 10.9. The summed E-state index contributed by atoms with van der Waals surface area (Å²) in [6, 6.07) is 17.8. The SMILES string of the molecule is Cl.Cl.FC(F)(F)CC[C@@H](c1ccc(-c2ccccc2)cc1)N1CCNCC1. The molecule has 2 aromatic carbocycles. The molecule has 3 rings (SSSR count). The molecular formula is C20H25Cl2F3N2. The zero-order chi connectivity index (χ0) is 17.7. The third-order valence-corrected chi connectivity index (χ3v) is 4.70. The van der Waals surface area contributed by atoms with Crippen LogP contribution in [-0.2, 0) is 0 Å². The van der Waals surface area contributed by atoms with E-state index in [-0.39, 0.29) is 37.3 Å². The second-order valence-electron chi connectivity index (χ2n) is 6.44. The first-order chi connectivity index (χ1) is 12.0. The van der Waals surface area contributed by atoms with Crippen molar-refractivity contribution in [2.75, 3.05) is 26.2 Å². The van der Waals surface area contributed by atoms with Crippen molar-refractivity contribution in [3.8, 4) is 11.1 Å². The van der Waals surface area contributed by atoms with Crippen LogP contribution in [-0.4, -0.2) is 37.3 Å². The maximum atomic E-state index is 12.8. The third kappa shape index (κ3) is 7.00. The largest absolute Gasteiger partial charge is 0.389 e. The van der Waals surface area contributed by atoms with Crippen molar-refractivity contribution in [2.24, 2.45) is 0 Å². The molecule has 0 saturated carbocycles. The predicted octanol–water partition coefficient (Wildman–Crippen LogP) is 5.49. The fourth-order valence-corrected chi connectivity index (χ4v) is 3.38. The summed E-state index contributed by atoms with van der Waals surface area (Å²) in [4.78, 5) is 2.17. The summed E-state index contributed by atoms with van der Waals surface area (Å²) < 4.78 is 38.3. The monoisotopic (exact) mass is 420 g/mol. The highest BCUT2D eigenvalue weighted by atomic mass is 35.5. The Bertz CT molecular complexity index is 657. The van der Waals surface area contributed by atoms with Crippen LogP contribution in [0.25, 0.3) is 11.1 Å². The lowest BCUT2D eigenvalue weighted by Gasteiger charge is -2.35. The first-order valence-corrected chi connectivity index (χ1v) is 8.70. The summed E-state index contributed by atoms with van der Waals surface area (Å²) in [6.45, 7) is 3.21. The Morgan fingerprint density at radius 1 is 0.852 bits per heavy atom. The van der Waals surface area contributed by atoms with Gasteiger partial charge in [-0.1, -0.05) is 54.6 Å². The number of hydrogen-bond acceptors (Lipinski definition) is 2. The van der Waals surface area contributed by atoms with Crippen molar-refractivity contribution >= 4 is 24.8 Å². The highest BCUT2D eigenvalue weighted by Gasteiger charge is 2.31. The average Bonchev–Trinajstić information content (AvgIpc) is 2.63. The van der Waals surface area contributed by atoms with Crippen molar-refractivity contribution in [3.63, 3.8) is 0 Å². The van der Waals surface area contributed by atoms with Gasteiger partial charge in [-0.2, -0.15) is 13.2 Å². The molecule has 0 aliphatic carbocycles. The van der Waals surface area contributed by atoms with Crippen LogP contribution in [0.3, 0.4) is 0 Å². The molecule has 1 heterocycles. The first-order valence-electron chi connectivity index (χ1n) is 8.70. The minimum atomic E-state index is -4.11. The number of nitrogens with one attached hydrogen (secondary N) is 1. The first kappa shape index (κ1) is 23.8. The van der Waals surface area contributed by atoms with Gasteiger partial charge >= 0.3 is 6.18 Å². The van der Waals surface area contributed by atoms with E-state index < -0.39 is 12.6 Å². The van der Waals surface area contributed by atoms with Gasteiger partial charge in [0.2, 0.25) is 0 Å². The Morgan fingerprint density at radius 2 is 1.41 bits per heavy atom.